The molecular formula is C12H15BrO4. The number of ether oxygens (including phenoxy) is 2. The van der Waals surface area contributed by atoms with E-state index in [1.165, 1.54) is 6.92 Å². The van der Waals surface area contributed by atoms with Crippen LogP contribution in [0.4, 0.5) is 0 Å². The number of esters is 1. The highest BCUT2D eigenvalue weighted by Crippen LogP contribution is 2.25. The Hall–Kier alpha value is -1.07. The average Bonchev–Trinajstić information content (AvgIpc) is 2.25. The van der Waals surface area contributed by atoms with Gasteiger partial charge in [-0.25, -0.2) is 0 Å². The summed E-state index contributed by atoms with van der Waals surface area (Å²) in [6.07, 6.45) is -0.827. The van der Waals surface area contributed by atoms with E-state index < -0.39 is 12.1 Å². The Labute approximate surface area is 109 Å². The first-order valence-electron chi connectivity index (χ1n) is 5.19. The molecule has 94 valence electrons. The van der Waals surface area contributed by atoms with Crippen LogP contribution in [0.1, 0.15) is 12.5 Å². The van der Waals surface area contributed by atoms with Crippen molar-refractivity contribution in [2.45, 2.75) is 20.0 Å². The molecule has 0 heterocycles. The van der Waals surface area contributed by atoms with Crippen molar-refractivity contribution in [3.8, 4) is 5.75 Å². The van der Waals surface area contributed by atoms with Crippen molar-refractivity contribution in [3.63, 3.8) is 0 Å². The normalized spacial score (nSPS) is 12.0. The zero-order valence-corrected chi connectivity index (χ0v) is 11.4. The lowest BCUT2D eigenvalue weighted by molar-refractivity contribution is -0.144. The van der Waals surface area contributed by atoms with Gasteiger partial charge in [-0.15, -0.1) is 0 Å². The van der Waals surface area contributed by atoms with E-state index in [1.54, 1.807) is 0 Å². The fraction of sp³-hybridized carbons (Fsp3) is 0.417. The molecule has 1 atom stereocenters. The fourth-order valence-corrected chi connectivity index (χ4v) is 1.78. The molecule has 0 fully saturated rings. The maximum atomic E-state index is 10.5. The highest BCUT2D eigenvalue weighted by Gasteiger charge is 2.08. The first-order chi connectivity index (χ1) is 7.99. The molecule has 1 unspecified atom stereocenters. The number of carbonyl (C=O) groups is 1. The Morgan fingerprint density at radius 1 is 1.47 bits per heavy atom. The number of hydrogen-bond acceptors (Lipinski definition) is 4. The largest absolute Gasteiger partial charge is 0.490 e. The van der Waals surface area contributed by atoms with Gasteiger partial charge in [-0.3, -0.25) is 4.79 Å². The molecule has 1 aromatic rings. The van der Waals surface area contributed by atoms with E-state index >= 15 is 0 Å². The summed E-state index contributed by atoms with van der Waals surface area (Å²) < 4.78 is 10.9. The molecule has 0 aliphatic carbocycles. The van der Waals surface area contributed by atoms with Crippen LogP contribution in [0.2, 0.25) is 0 Å². The van der Waals surface area contributed by atoms with Gasteiger partial charge in [0.1, 0.15) is 25.1 Å². The molecule has 0 aromatic heterocycles. The summed E-state index contributed by atoms with van der Waals surface area (Å²) in [6.45, 7) is 3.29. The van der Waals surface area contributed by atoms with E-state index in [4.69, 9.17) is 4.74 Å². The first kappa shape index (κ1) is 14.0. The van der Waals surface area contributed by atoms with Crippen LogP contribution >= 0.6 is 15.9 Å². The fourth-order valence-electron chi connectivity index (χ4n) is 1.17. The molecule has 0 spiro atoms. The van der Waals surface area contributed by atoms with Crippen molar-refractivity contribution in [1.29, 1.82) is 0 Å². The van der Waals surface area contributed by atoms with Gasteiger partial charge in [0.15, 0.2) is 0 Å². The molecule has 1 aromatic carbocycles. The second-order valence-corrected chi connectivity index (χ2v) is 4.56. The lowest BCUT2D eigenvalue weighted by Crippen LogP contribution is -2.24. The number of benzene rings is 1. The van der Waals surface area contributed by atoms with Gasteiger partial charge in [0, 0.05) is 6.92 Å². The second kappa shape index (κ2) is 6.61. The molecule has 0 aliphatic rings. The van der Waals surface area contributed by atoms with Gasteiger partial charge in [0.2, 0.25) is 0 Å². The van der Waals surface area contributed by atoms with Crippen LogP contribution in [0.3, 0.4) is 0 Å². The average molecular weight is 303 g/mol. The van der Waals surface area contributed by atoms with Crippen molar-refractivity contribution in [3.05, 3.63) is 28.2 Å². The number of aliphatic hydroxyl groups excluding tert-OH is 1. The number of aryl methyl sites for hydroxylation is 1. The maximum Gasteiger partial charge on any atom is 0.302 e. The molecule has 17 heavy (non-hydrogen) atoms. The monoisotopic (exact) mass is 302 g/mol. The van der Waals surface area contributed by atoms with Crippen LogP contribution < -0.4 is 4.74 Å². The second-order valence-electron chi connectivity index (χ2n) is 3.70. The molecule has 0 bridgehead atoms. The Bertz CT molecular complexity index is 392. The summed E-state index contributed by atoms with van der Waals surface area (Å²) in [5, 5.41) is 9.49. The summed E-state index contributed by atoms with van der Waals surface area (Å²) in [4.78, 5) is 10.5. The lowest BCUT2D eigenvalue weighted by Gasteiger charge is -2.13. The van der Waals surface area contributed by atoms with Gasteiger partial charge in [0.05, 0.1) is 4.47 Å². The Kier molecular flexibility index (Phi) is 5.44. The predicted octanol–water partition coefficient (Wildman–Crippen LogP) is 2.06. The van der Waals surface area contributed by atoms with Crippen molar-refractivity contribution < 1.29 is 19.4 Å². The summed E-state index contributed by atoms with van der Waals surface area (Å²) in [5.74, 6) is 0.234. The Morgan fingerprint density at radius 2 is 2.18 bits per heavy atom. The van der Waals surface area contributed by atoms with Gasteiger partial charge in [0.25, 0.3) is 0 Å². The van der Waals surface area contributed by atoms with Crippen molar-refractivity contribution in [1.82, 2.24) is 0 Å². The van der Waals surface area contributed by atoms with E-state index in [0.29, 0.717) is 5.75 Å². The zero-order chi connectivity index (χ0) is 12.8. The standard InChI is InChI=1S/C12H15BrO4/c1-8-3-4-12(11(13)5-8)17-7-10(15)6-16-9(2)14/h3-5,10,15H,6-7H2,1-2H3. The molecule has 0 saturated carbocycles. The van der Waals surface area contributed by atoms with Crippen LogP contribution in [0.15, 0.2) is 22.7 Å². The molecule has 0 amide bonds. The highest BCUT2D eigenvalue weighted by molar-refractivity contribution is 9.10. The predicted molar refractivity (Wildman–Crippen MR) is 67.0 cm³/mol. The number of rotatable bonds is 5. The van der Waals surface area contributed by atoms with E-state index in [1.807, 2.05) is 25.1 Å². The van der Waals surface area contributed by atoms with Gasteiger partial charge in [-0.1, -0.05) is 6.07 Å². The third-order valence-electron chi connectivity index (χ3n) is 2.00. The summed E-state index contributed by atoms with van der Waals surface area (Å²) >= 11 is 3.37. The number of aliphatic hydroxyl groups is 1. The molecule has 1 rings (SSSR count). The summed E-state index contributed by atoms with van der Waals surface area (Å²) in [7, 11) is 0. The van der Waals surface area contributed by atoms with Gasteiger partial charge < -0.3 is 14.6 Å². The number of hydrogen-bond donors (Lipinski definition) is 1. The molecule has 0 radical (unpaired) electrons. The van der Waals surface area contributed by atoms with E-state index in [9.17, 15) is 9.90 Å². The topological polar surface area (TPSA) is 55.8 Å². The minimum Gasteiger partial charge on any atom is -0.490 e. The van der Waals surface area contributed by atoms with Gasteiger partial charge in [-0.2, -0.15) is 0 Å². The van der Waals surface area contributed by atoms with E-state index in [2.05, 4.69) is 20.7 Å². The molecular weight excluding hydrogens is 288 g/mol. The van der Waals surface area contributed by atoms with Crippen LogP contribution in [0, 0.1) is 6.92 Å². The summed E-state index contributed by atoms with van der Waals surface area (Å²) in [5.41, 5.74) is 1.12. The van der Waals surface area contributed by atoms with Gasteiger partial charge in [-0.05, 0) is 40.5 Å². The Balaban J connectivity index is 2.41. The smallest absolute Gasteiger partial charge is 0.302 e. The number of carbonyl (C=O) groups excluding carboxylic acids is 1. The first-order valence-corrected chi connectivity index (χ1v) is 5.98. The quantitative estimate of drug-likeness (QED) is 0.846. The van der Waals surface area contributed by atoms with Crippen molar-refractivity contribution in [2.24, 2.45) is 0 Å². The molecule has 5 heteroatoms. The van der Waals surface area contributed by atoms with Gasteiger partial charge >= 0.3 is 5.97 Å². The van der Waals surface area contributed by atoms with Crippen LogP contribution in [-0.4, -0.2) is 30.4 Å². The highest BCUT2D eigenvalue weighted by atomic mass is 79.9. The summed E-state index contributed by atoms with van der Waals surface area (Å²) in [6, 6.07) is 5.66. The van der Waals surface area contributed by atoms with Crippen LogP contribution in [-0.2, 0) is 9.53 Å². The number of halogens is 1. The van der Waals surface area contributed by atoms with E-state index in [0.717, 1.165) is 10.0 Å². The Morgan fingerprint density at radius 3 is 2.76 bits per heavy atom. The lowest BCUT2D eigenvalue weighted by atomic mass is 10.2. The minimum atomic E-state index is -0.827. The molecule has 1 N–H and O–H groups in total. The molecule has 0 saturated heterocycles. The molecule has 0 aliphatic heterocycles. The third-order valence-corrected chi connectivity index (χ3v) is 2.62. The third kappa shape index (κ3) is 5.19. The van der Waals surface area contributed by atoms with Crippen molar-refractivity contribution >= 4 is 21.9 Å². The van der Waals surface area contributed by atoms with Crippen LogP contribution in [0.25, 0.3) is 0 Å². The maximum absolute atomic E-state index is 10.5. The minimum absolute atomic E-state index is 0.0567. The van der Waals surface area contributed by atoms with E-state index in [-0.39, 0.29) is 13.2 Å². The zero-order valence-electron chi connectivity index (χ0n) is 9.77. The SMILES string of the molecule is CC(=O)OCC(O)COc1ccc(C)cc1Br. The molecule has 4 nitrogen and oxygen atoms in total. The van der Waals surface area contributed by atoms with Crippen molar-refractivity contribution in [2.75, 3.05) is 13.2 Å². The van der Waals surface area contributed by atoms with Crippen LogP contribution in [0.5, 0.6) is 5.75 Å².